The first-order valence-electron chi connectivity index (χ1n) is 3.61. The summed E-state index contributed by atoms with van der Waals surface area (Å²) in [5, 5.41) is 14.1. The van der Waals surface area contributed by atoms with Gasteiger partial charge in [-0.2, -0.15) is 4.73 Å². The molecule has 0 amide bonds. The van der Waals surface area contributed by atoms with Gasteiger partial charge in [0.15, 0.2) is 6.20 Å². The van der Waals surface area contributed by atoms with Crippen LogP contribution < -0.4 is 10.0 Å². The van der Waals surface area contributed by atoms with Crippen molar-refractivity contribution in [2.45, 2.75) is 13.0 Å². The maximum Gasteiger partial charge on any atom is 0.209 e. The number of pyridine rings is 1. The fourth-order valence-electron chi connectivity index (χ4n) is 0.925. The predicted molar refractivity (Wildman–Crippen MR) is 42.9 cm³/mol. The molecule has 1 aromatic rings. The van der Waals surface area contributed by atoms with Crippen LogP contribution >= 0.6 is 0 Å². The molecule has 3 nitrogen and oxygen atoms in total. The normalized spacial score (nSPS) is 12.9. The molecule has 0 bridgehead atoms. The molecule has 0 saturated carbocycles. The zero-order chi connectivity index (χ0) is 8.27. The van der Waals surface area contributed by atoms with Gasteiger partial charge in [-0.15, -0.1) is 0 Å². The Morgan fingerprint density at radius 3 is 2.82 bits per heavy atom. The van der Waals surface area contributed by atoms with E-state index < -0.39 is 0 Å². The molecule has 3 heteroatoms. The molecule has 0 aliphatic heterocycles. The molecule has 0 spiro atoms. The molecule has 1 N–H and O–H groups in total. The average Bonchev–Trinajstić information content (AvgIpc) is 2.04. The molecule has 0 radical (unpaired) electrons. The highest BCUT2D eigenvalue weighted by molar-refractivity contribution is 5.01. The summed E-state index contributed by atoms with van der Waals surface area (Å²) in [5.74, 6) is 0. The molecule has 11 heavy (non-hydrogen) atoms. The lowest BCUT2D eigenvalue weighted by Crippen LogP contribution is -2.35. The fourth-order valence-corrected chi connectivity index (χ4v) is 0.925. The second-order valence-electron chi connectivity index (χ2n) is 2.46. The van der Waals surface area contributed by atoms with Crippen LogP contribution in [0.15, 0.2) is 24.4 Å². The quantitative estimate of drug-likeness (QED) is 0.498. The van der Waals surface area contributed by atoms with Crippen molar-refractivity contribution in [1.82, 2.24) is 5.32 Å². The van der Waals surface area contributed by atoms with Gasteiger partial charge in [0.2, 0.25) is 5.69 Å². The molecule has 1 unspecified atom stereocenters. The van der Waals surface area contributed by atoms with Crippen LogP contribution in [0.4, 0.5) is 0 Å². The smallest absolute Gasteiger partial charge is 0.209 e. The Balaban J connectivity index is 2.93. The number of nitrogens with zero attached hydrogens (tertiary/aromatic N) is 1. The SMILES string of the molecule is CNC(C)c1cccc[n+]1[O-]. The van der Waals surface area contributed by atoms with Crippen LogP contribution in [0.1, 0.15) is 18.7 Å². The zero-order valence-electron chi connectivity index (χ0n) is 6.74. The predicted octanol–water partition coefficient (Wildman–Crippen LogP) is 0.600. The summed E-state index contributed by atoms with van der Waals surface area (Å²) in [7, 11) is 1.83. The summed E-state index contributed by atoms with van der Waals surface area (Å²) in [4.78, 5) is 0. The molecule has 1 rings (SSSR count). The van der Waals surface area contributed by atoms with Crippen molar-refractivity contribution < 1.29 is 4.73 Å². The van der Waals surface area contributed by atoms with Crippen LogP contribution in [0.5, 0.6) is 0 Å². The van der Waals surface area contributed by atoms with Gasteiger partial charge in [0.05, 0.1) is 6.04 Å². The molecular weight excluding hydrogens is 140 g/mol. The lowest BCUT2D eigenvalue weighted by atomic mass is 10.2. The maximum atomic E-state index is 11.1. The van der Waals surface area contributed by atoms with E-state index in [-0.39, 0.29) is 6.04 Å². The first kappa shape index (κ1) is 8.01. The Kier molecular flexibility index (Phi) is 2.44. The van der Waals surface area contributed by atoms with Crippen LogP contribution in [-0.4, -0.2) is 7.05 Å². The van der Waals surface area contributed by atoms with Crippen molar-refractivity contribution in [3.05, 3.63) is 35.3 Å². The summed E-state index contributed by atoms with van der Waals surface area (Å²) in [6.07, 6.45) is 1.50. The molecule has 1 atom stereocenters. The summed E-state index contributed by atoms with van der Waals surface area (Å²) < 4.78 is 0.876. The lowest BCUT2D eigenvalue weighted by molar-refractivity contribution is -0.615. The van der Waals surface area contributed by atoms with E-state index in [0.29, 0.717) is 0 Å². The van der Waals surface area contributed by atoms with E-state index >= 15 is 0 Å². The summed E-state index contributed by atoms with van der Waals surface area (Å²) >= 11 is 0. The van der Waals surface area contributed by atoms with Gasteiger partial charge in [0.1, 0.15) is 0 Å². The molecule has 0 aliphatic rings. The van der Waals surface area contributed by atoms with Crippen LogP contribution in [0.3, 0.4) is 0 Å². The Bertz CT molecular complexity index is 237. The Morgan fingerprint density at radius 2 is 2.27 bits per heavy atom. The van der Waals surface area contributed by atoms with Crippen LogP contribution in [0, 0.1) is 5.21 Å². The van der Waals surface area contributed by atoms with Crippen molar-refractivity contribution in [3.8, 4) is 0 Å². The lowest BCUT2D eigenvalue weighted by Gasteiger charge is -2.09. The van der Waals surface area contributed by atoms with E-state index in [1.165, 1.54) is 6.20 Å². The van der Waals surface area contributed by atoms with Crippen LogP contribution in [-0.2, 0) is 0 Å². The molecule has 0 aliphatic carbocycles. The highest BCUT2D eigenvalue weighted by Crippen LogP contribution is 2.03. The van der Waals surface area contributed by atoms with Gasteiger partial charge in [-0.3, -0.25) is 0 Å². The van der Waals surface area contributed by atoms with Gasteiger partial charge in [-0.05, 0) is 20.0 Å². The molecular formula is C8H12N2O. The third kappa shape index (κ3) is 1.68. The van der Waals surface area contributed by atoms with Crippen molar-refractivity contribution >= 4 is 0 Å². The van der Waals surface area contributed by atoms with Crippen LogP contribution in [0.25, 0.3) is 0 Å². The van der Waals surface area contributed by atoms with E-state index in [4.69, 9.17) is 0 Å². The topological polar surface area (TPSA) is 39.0 Å². The van der Waals surface area contributed by atoms with E-state index in [1.54, 1.807) is 6.07 Å². The standard InChI is InChI=1S/C8H12N2O/c1-7(9-2)8-5-3-4-6-10(8)11/h3-7,9H,1-2H3. The van der Waals surface area contributed by atoms with E-state index in [0.717, 1.165) is 10.4 Å². The Morgan fingerprint density at radius 1 is 1.55 bits per heavy atom. The summed E-state index contributed by atoms with van der Waals surface area (Å²) in [5.41, 5.74) is 0.745. The Hall–Kier alpha value is -1.09. The largest absolute Gasteiger partial charge is 0.618 e. The first-order valence-corrected chi connectivity index (χ1v) is 3.61. The van der Waals surface area contributed by atoms with Crippen molar-refractivity contribution in [2.75, 3.05) is 7.05 Å². The summed E-state index contributed by atoms with van der Waals surface area (Å²) in [6, 6.07) is 5.50. The minimum atomic E-state index is 0.105. The van der Waals surface area contributed by atoms with Gasteiger partial charge in [0, 0.05) is 12.1 Å². The van der Waals surface area contributed by atoms with Gasteiger partial charge in [0.25, 0.3) is 0 Å². The summed E-state index contributed by atoms with van der Waals surface area (Å²) in [6.45, 7) is 1.95. The average molecular weight is 152 g/mol. The second kappa shape index (κ2) is 3.34. The van der Waals surface area contributed by atoms with E-state index in [2.05, 4.69) is 5.32 Å². The van der Waals surface area contributed by atoms with E-state index in [9.17, 15) is 5.21 Å². The van der Waals surface area contributed by atoms with Gasteiger partial charge >= 0.3 is 0 Å². The molecule has 1 heterocycles. The minimum Gasteiger partial charge on any atom is -0.618 e. The molecule has 0 aromatic carbocycles. The third-order valence-corrected chi connectivity index (χ3v) is 1.73. The highest BCUT2D eigenvalue weighted by atomic mass is 16.5. The maximum absolute atomic E-state index is 11.1. The highest BCUT2D eigenvalue weighted by Gasteiger charge is 2.10. The van der Waals surface area contributed by atoms with Crippen LogP contribution in [0.2, 0.25) is 0 Å². The molecule has 0 saturated heterocycles. The van der Waals surface area contributed by atoms with E-state index in [1.807, 2.05) is 26.1 Å². The van der Waals surface area contributed by atoms with Gasteiger partial charge in [-0.1, -0.05) is 0 Å². The number of nitrogens with one attached hydrogen (secondary N) is 1. The van der Waals surface area contributed by atoms with Crippen molar-refractivity contribution in [1.29, 1.82) is 0 Å². The number of aromatic nitrogens is 1. The minimum absolute atomic E-state index is 0.105. The van der Waals surface area contributed by atoms with Crippen molar-refractivity contribution in [3.63, 3.8) is 0 Å². The second-order valence-corrected chi connectivity index (χ2v) is 2.46. The number of rotatable bonds is 2. The molecule has 0 fully saturated rings. The number of hydrogen-bond donors (Lipinski definition) is 1. The first-order chi connectivity index (χ1) is 5.25. The number of hydrogen-bond acceptors (Lipinski definition) is 2. The molecule has 60 valence electrons. The van der Waals surface area contributed by atoms with Crippen molar-refractivity contribution in [2.24, 2.45) is 0 Å². The molecule has 1 aromatic heterocycles. The van der Waals surface area contributed by atoms with Gasteiger partial charge in [-0.25, -0.2) is 0 Å². The third-order valence-electron chi connectivity index (χ3n) is 1.73. The monoisotopic (exact) mass is 152 g/mol. The Labute approximate surface area is 66.3 Å². The van der Waals surface area contributed by atoms with Gasteiger partial charge < -0.3 is 10.5 Å². The fraction of sp³-hybridized carbons (Fsp3) is 0.375. The zero-order valence-corrected chi connectivity index (χ0v) is 6.74.